The molecular formula is C35H42FN3O3. The first-order valence-electron chi connectivity index (χ1n) is 15.2. The third-order valence-corrected chi connectivity index (χ3v) is 8.95. The van der Waals surface area contributed by atoms with Gasteiger partial charge in [0, 0.05) is 42.1 Å². The van der Waals surface area contributed by atoms with Gasteiger partial charge in [0.1, 0.15) is 5.82 Å². The fourth-order valence-corrected chi connectivity index (χ4v) is 6.78. The zero-order chi connectivity index (χ0) is 29.9. The van der Waals surface area contributed by atoms with Gasteiger partial charge >= 0.3 is 5.97 Å². The molecule has 42 heavy (non-hydrogen) atoms. The summed E-state index contributed by atoms with van der Waals surface area (Å²) in [6.45, 7) is 9.63. The Hall–Kier alpha value is -3.74. The van der Waals surface area contributed by atoms with E-state index in [9.17, 15) is 9.59 Å². The van der Waals surface area contributed by atoms with Crippen molar-refractivity contribution < 1.29 is 18.7 Å². The SMILES string of the molecule is Cc1nc(C)c(-c2ccc(C(=O)NCc3ccccc3)c(F)c2)c(N2CCC3(CCCC3)CC2)c1CC(=O)OC(C)C. The van der Waals surface area contributed by atoms with Crippen LogP contribution in [0.2, 0.25) is 0 Å². The van der Waals surface area contributed by atoms with E-state index in [1.54, 1.807) is 12.1 Å². The van der Waals surface area contributed by atoms with E-state index < -0.39 is 11.7 Å². The highest BCUT2D eigenvalue weighted by Crippen LogP contribution is 2.48. The van der Waals surface area contributed by atoms with Gasteiger partial charge in [0.15, 0.2) is 0 Å². The first-order chi connectivity index (χ1) is 20.2. The molecule has 2 aromatic carbocycles. The molecule has 0 unspecified atom stereocenters. The Morgan fingerprint density at radius 1 is 1.00 bits per heavy atom. The minimum Gasteiger partial charge on any atom is -0.463 e. The highest BCUT2D eigenvalue weighted by molar-refractivity contribution is 5.95. The molecule has 5 rings (SSSR count). The third-order valence-electron chi connectivity index (χ3n) is 8.95. The molecule has 222 valence electrons. The van der Waals surface area contributed by atoms with Crippen molar-refractivity contribution >= 4 is 17.6 Å². The van der Waals surface area contributed by atoms with E-state index in [1.165, 1.54) is 31.7 Å². The van der Waals surface area contributed by atoms with Gasteiger partial charge < -0.3 is 15.0 Å². The Bertz CT molecular complexity index is 1440. The average molecular weight is 572 g/mol. The third kappa shape index (κ3) is 6.50. The Kier molecular flexibility index (Phi) is 8.95. The van der Waals surface area contributed by atoms with Crippen molar-refractivity contribution in [3.05, 3.63) is 82.4 Å². The number of anilines is 1. The number of piperidine rings is 1. The monoisotopic (exact) mass is 571 g/mol. The maximum atomic E-state index is 15.6. The number of nitrogens with one attached hydrogen (secondary N) is 1. The minimum atomic E-state index is -0.590. The van der Waals surface area contributed by atoms with Gasteiger partial charge in [-0.15, -0.1) is 0 Å². The maximum Gasteiger partial charge on any atom is 0.310 e. The number of hydrogen-bond donors (Lipinski definition) is 1. The van der Waals surface area contributed by atoms with E-state index in [4.69, 9.17) is 9.72 Å². The number of pyridine rings is 1. The molecule has 1 spiro atoms. The number of rotatable bonds is 8. The molecule has 3 aromatic rings. The van der Waals surface area contributed by atoms with Gasteiger partial charge in [-0.3, -0.25) is 14.6 Å². The van der Waals surface area contributed by atoms with Crippen LogP contribution in [-0.4, -0.2) is 36.1 Å². The molecule has 2 heterocycles. The van der Waals surface area contributed by atoms with Crippen molar-refractivity contribution in [2.24, 2.45) is 5.41 Å². The normalized spacial score (nSPS) is 16.2. The van der Waals surface area contributed by atoms with Crippen molar-refractivity contribution in [3.8, 4) is 11.1 Å². The second-order valence-electron chi connectivity index (χ2n) is 12.3. The number of esters is 1. The molecule has 7 heteroatoms. The lowest BCUT2D eigenvalue weighted by atomic mass is 9.76. The fraction of sp³-hybridized carbons (Fsp3) is 0.457. The van der Waals surface area contributed by atoms with Crippen molar-refractivity contribution in [1.82, 2.24) is 10.3 Å². The summed E-state index contributed by atoms with van der Waals surface area (Å²) in [5.74, 6) is -1.35. The summed E-state index contributed by atoms with van der Waals surface area (Å²) in [6, 6.07) is 14.3. The van der Waals surface area contributed by atoms with Crippen molar-refractivity contribution in [1.29, 1.82) is 0 Å². The number of hydrogen-bond acceptors (Lipinski definition) is 5. The number of carbonyl (C=O) groups is 2. The molecule has 2 fully saturated rings. The maximum absolute atomic E-state index is 15.6. The molecular weight excluding hydrogens is 529 g/mol. The van der Waals surface area contributed by atoms with Crippen LogP contribution in [0.1, 0.15) is 85.2 Å². The van der Waals surface area contributed by atoms with Gasteiger partial charge in [-0.05, 0) is 82.1 Å². The smallest absolute Gasteiger partial charge is 0.310 e. The molecule has 1 aliphatic carbocycles. The first-order valence-corrected chi connectivity index (χ1v) is 15.2. The van der Waals surface area contributed by atoms with Crippen molar-refractivity contribution in [3.63, 3.8) is 0 Å². The van der Waals surface area contributed by atoms with E-state index in [0.717, 1.165) is 59.7 Å². The summed E-state index contributed by atoms with van der Waals surface area (Å²) in [6.07, 6.45) is 7.28. The molecule has 0 bridgehead atoms. The van der Waals surface area contributed by atoms with Crippen LogP contribution in [0, 0.1) is 25.1 Å². The summed E-state index contributed by atoms with van der Waals surface area (Å²) in [4.78, 5) is 33.0. The Morgan fingerprint density at radius 3 is 2.33 bits per heavy atom. The number of benzene rings is 2. The number of aromatic nitrogens is 1. The van der Waals surface area contributed by atoms with Gasteiger partial charge in [0.2, 0.25) is 0 Å². The van der Waals surface area contributed by atoms with Gasteiger partial charge in [0.05, 0.1) is 23.8 Å². The summed E-state index contributed by atoms with van der Waals surface area (Å²) in [5.41, 5.74) is 6.14. The number of halogens is 1. The molecule has 0 atom stereocenters. The average Bonchev–Trinajstić information content (AvgIpc) is 3.41. The lowest BCUT2D eigenvalue weighted by Gasteiger charge is -2.42. The van der Waals surface area contributed by atoms with Crippen LogP contribution in [0.3, 0.4) is 0 Å². The summed E-state index contributed by atoms with van der Waals surface area (Å²) in [5, 5.41) is 2.82. The zero-order valence-electron chi connectivity index (χ0n) is 25.3. The van der Waals surface area contributed by atoms with Crippen LogP contribution in [0.4, 0.5) is 10.1 Å². The summed E-state index contributed by atoms with van der Waals surface area (Å²) in [7, 11) is 0. The van der Waals surface area contributed by atoms with E-state index in [-0.39, 0.29) is 24.1 Å². The van der Waals surface area contributed by atoms with Crippen LogP contribution < -0.4 is 10.2 Å². The van der Waals surface area contributed by atoms with Crippen LogP contribution in [-0.2, 0) is 22.5 Å². The van der Waals surface area contributed by atoms with E-state index in [2.05, 4.69) is 10.2 Å². The lowest BCUT2D eigenvalue weighted by molar-refractivity contribution is -0.146. The predicted molar refractivity (Wildman–Crippen MR) is 164 cm³/mol. The van der Waals surface area contributed by atoms with Gasteiger partial charge in [0.25, 0.3) is 5.91 Å². The predicted octanol–water partition coefficient (Wildman–Crippen LogP) is 7.09. The number of carbonyl (C=O) groups excluding carboxylic acids is 2. The number of nitrogens with zero attached hydrogens (tertiary/aromatic N) is 2. The minimum absolute atomic E-state index is 0.00385. The quantitative estimate of drug-likeness (QED) is 0.292. The van der Waals surface area contributed by atoms with Crippen molar-refractivity contribution in [2.45, 2.75) is 85.3 Å². The van der Waals surface area contributed by atoms with Crippen LogP contribution in [0.5, 0.6) is 0 Å². The van der Waals surface area contributed by atoms with Crippen molar-refractivity contribution in [2.75, 3.05) is 18.0 Å². The largest absolute Gasteiger partial charge is 0.463 e. The lowest BCUT2D eigenvalue weighted by Crippen LogP contribution is -2.40. The van der Waals surface area contributed by atoms with E-state index >= 15 is 4.39 Å². The molecule has 0 radical (unpaired) electrons. The van der Waals surface area contributed by atoms with Crippen LogP contribution >= 0.6 is 0 Å². The molecule has 1 saturated heterocycles. The Morgan fingerprint density at radius 2 is 1.69 bits per heavy atom. The zero-order valence-corrected chi connectivity index (χ0v) is 25.3. The molecule has 1 amide bonds. The Balaban J connectivity index is 1.50. The number of ether oxygens (including phenoxy) is 1. The highest BCUT2D eigenvalue weighted by Gasteiger charge is 2.38. The van der Waals surface area contributed by atoms with Gasteiger partial charge in [-0.25, -0.2) is 4.39 Å². The molecule has 1 N–H and O–H groups in total. The second kappa shape index (κ2) is 12.6. The Labute approximate surface area is 248 Å². The first kappa shape index (κ1) is 29.7. The highest BCUT2D eigenvalue weighted by atomic mass is 19.1. The molecule has 2 aliphatic rings. The summed E-state index contributed by atoms with van der Waals surface area (Å²) < 4.78 is 21.1. The molecule has 1 aliphatic heterocycles. The van der Waals surface area contributed by atoms with Gasteiger partial charge in [-0.2, -0.15) is 0 Å². The second-order valence-corrected chi connectivity index (χ2v) is 12.3. The van der Waals surface area contributed by atoms with E-state index in [0.29, 0.717) is 17.5 Å². The molecule has 1 aromatic heterocycles. The number of aryl methyl sites for hydroxylation is 2. The van der Waals surface area contributed by atoms with Crippen LogP contribution in [0.25, 0.3) is 11.1 Å². The molecule has 1 saturated carbocycles. The van der Waals surface area contributed by atoms with Crippen LogP contribution in [0.15, 0.2) is 48.5 Å². The fourth-order valence-electron chi connectivity index (χ4n) is 6.78. The van der Waals surface area contributed by atoms with E-state index in [1.807, 2.05) is 58.0 Å². The topological polar surface area (TPSA) is 71.5 Å². The molecule has 6 nitrogen and oxygen atoms in total. The van der Waals surface area contributed by atoms with Gasteiger partial charge in [-0.1, -0.05) is 49.2 Å². The number of amides is 1. The standard InChI is InChI=1S/C35H42FN3O3/c1-23(2)42-31(40)21-29-24(3)38-25(4)32(33(29)39-18-16-35(17-19-39)14-8-9-15-35)27-12-13-28(30(36)20-27)34(41)37-22-26-10-6-5-7-11-26/h5-7,10-13,20,23H,8-9,14-19,21-22H2,1-4H3,(H,37,41). The summed E-state index contributed by atoms with van der Waals surface area (Å²) >= 11 is 0.